The maximum Gasteiger partial charge on any atom is 0.192 e. The fraction of sp³-hybridized carbons (Fsp3) is 0.824. The topological polar surface area (TPSA) is 26.3 Å². The van der Waals surface area contributed by atoms with Gasteiger partial charge in [-0.25, -0.2) is 0 Å². The van der Waals surface area contributed by atoms with Crippen molar-refractivity contribution in [2.24, 2.45) is 0 Å². The molecule has 1 atom stereocenters. The van der Waals surface area contributed by atoms with Crippen molar-refractivity contribution in [2.75, 3.05) is 0 Å². The smallest absolute Gasteiger partial charge is 0.192 e. The quantitative estimate of drug-likeness (QED) is 0.389. The molecule has 0 unspecified atom stereocenters. The molecule has 122 valence electrons. The Morgan fingerprint density at radius 3 is 1.95 bits per heavy atom. The zero-order chi connectivity index (χ0) is 16.9. The lowest BCUT2D eigenvalue weighted by atomic mass is 9.97. The first-order valence-electron chi connectivity index (χ1n) is 7.86. The molecule has 0 radical (unpaired) electrons. The van der Waals surface area contributed by atoms with Gasteiger partial charge in [0.05, 0.1) is 5.60 Å². The maximum absolute atomic E-state index is 10.8. The lowest BCUT2D eigenvalue weighted by molar-refractivity contribution is -0.108. The van der Waals surface area contributed by atoms with Crippen LogP contribution in [0.25, 0.3) is 0 Å². The molecule has 0 fully saturated rings. The van der Waals surface area contributed by atoms with Gasteiger partial charge in [0.15, 0.2) is 8.32 Å². The van der Waals surface area contributed by atoms with Gasteiger partial charge in [0.25, 0.3) is 0 Å². The summed E-state index contributed by atoms with van der Waals surface area (Å²) in [6, 6.07) is 0. The Kier molecular flexibility index (Phi) is 7.13. The predicted octanol–water partition coefficient (Wildman–Crippen LogP) is 5.02. The van der Waals surface area contributed by atoms with E-state index in [4.69, 9.17) is 4.43 Å². The number of aldehydes is 1. The van der Waals surface area contributed by atoms with E-state index < -0.39 is 16.4 Å². The van der Waals surface area contributed by atoms with Crippen LogP contribution in [0.2, 0.25) is 37.8 Å². The molecule has 0 aliphatic rings. The van der Waals surface area contributed by atoms with Gasteiger partial charge in [0, 0.05) is 12.8 Å². The van der Waals surface area contributed by atoms with Crippen LogP contribution < -0.4 is 0 Å². The monoisotopic (exact) mass is 326 g/mol. The van der Waals surface area contributed by atoms with Crippen molar-refractivity contribution < 1.29 is 9.22 Å². The summed E-state index contributed by atoms with van der Waals surface area (Å²) in [6.07, 6.45) is 3.00. The Morgan fingerprint density at radius 1 is 1.05 bits per heavy atom. The molecular formula is C17H34O2Si2. The first-order valence-corrected chi connectivity index (χ1v) is 14.3. The van der Waals surface area contributed by atoms with Crippen LogP contribution in [0.1, 0.15) is 47.0 Å². The summed E-state index contributed by atoms with van der Waals surface area (Å²) in [6.45, 7) is 20.1. The second kappa shape index (κ2) is 7.26. The van der Waals surface area contributed by atoms with Crippen molar-refractivity contribution in [3.8, 4) is 11.5 Å². The van der Waals surface area contributed by atoms with Crippen molar-refractivity contribution in [3.63, 3.8) is 0 Å². The van der Waals surface area contributed by atoms with Gasteiger partial charge < -0.3 is 9.22 Å². The van der Waals surface area contributed by atoms with Gasteiger partial charge >= 0.3 is 0 Å². The van der Waals surface area contributed by atoms with Crippen LogP contribution in [0.3, 0.4) is 0 Å². The Bertz CT molecular complexity index is 405. The van der Waals surface area contributed by atoms with E-state index in [0.717, 1.165) is 19.1 Å². The Labute approximate surface area is 134 Å². The third kappa shape index (κ3) is 7.99. The van der Waals surface area contributed by atoms with Crippen LogP contribution in [0.15, 0.2) is 0 Å². The molecule has 0 aliphatic carbocycles. The SMILES string of the molecule is CC(C)(C)[Si](C)(C)O[C@](C)(CC#C[Si](C)(C)C)CCC=O. The number of carbonyl (C=O) groups excluding carboxylic acids is 1. The largest absolute Gasteiger partial charge is 0.411 e. The molecule has 0 amide bonds. The Hall–Kier alpha value is -0.376. The van der Waals surface area contributed by atoms with Gasteiger partial charge in [-0.2, -0.15) is 0 Å². The molecule has 0 aromatic carbocycles. The second-order valence-corrected chi connectivity index (χ2v) is 18.2. The highest BCUT2D eigenvalue weighted by atomic mass is 28.4. The third-order valence-electron chi connectivity index (χ3n) is 4.02. The molecule has 2 nitrogen and oxygen atoms in total. The van der Waals surface area contributed by atoms with Gasteiger partial charge in [0.1, 0.15) is 14.4 Å². The highest BCUT2D eigenvalue weighted by Crippen LogP contribution is 2.40. The van der Waals surface area contributed by atoms with E-state index in [0.29, 0.717) is 6.42 Å². The summed E-state index contributed by atoms with van der Waals surface area (Å²) >= 11 is 0. The summed E-state index contributed by atoms with van der Waals surface area (Å²) in [5, 5.41) is 0.168. The normalized spacial score (nSPS) is 15.9. The molecule has 0 bridgehead atoms. The van der Waals surface area contributed by atoms with Crippen molar-refractivity contribution in [3.05, 3.63) is 0 Å². The molecule has 0 saturated heterocycles. The van der Waals surface area contributed by atoms with E-state index in [1.807, 2.05) is 0 Å². The minimum atomic E-state index is -1.86. The number of rotatable bonds is 6. The van der Waals surface area contributed by atoms with Crippen molar-refractivity contribution in [1.29, 1.82) is 0 Å². The zero-order valence-corrected chi connectivity index (χ0v) is 17.5. The van der Waals surface area contributed by atoms with E-state index in [-0.39, 0.29) is 10.6 Å². The van der Waals surface area contributed by atoms with Crippen LogP contribution in [0.4, 0.5) is 0 Å². The lowest BCUT2D eigenvalue weighted by Crippen LogP contribution is -2.48. The molecule has 0 heterocycles. The van der Waals surface area contributed by atoms with Crippen molar-refractivity contribution in [1.82, 2.24) is 0 Å². The second-order valence-electron chi connectivity index (χ2n) is 8.75. The highest BCUT2D eigenvalue weighted by molar-refractivity contribution is 6.83. The standard InChI is InChI=1S/C17H34O2Si2/c1-16(2,3)21(8,9)19-17(4,12-10-14-18)13-11-15-20(5,6)7/h14H,10,12-13H2,1-9H3/t17-/m0/s1. The lowest BCUT2D eigenvalue weighted by Gasteiger charge is -2.43. The molecular weight excluding hydrogens is 292 g/mol. The zero-order valence-electron chi connectivity index (χ0n) is 15.5. The van der Waals surface area contributed by atoms with E-state index in [1.54, 1.807) is 0 Å². The number of hydrogen-bond donors (Lipinski definition) is 0. The summed E-state index contributed by atoms with van der Waals surface area (Å²) in [7, 11) is -3.22. The van der Waals surface area contributed by atoms with Gasteiger partial charge in [-0.3, -0.25) is 0 Å². The first-order chi connectivity index (χ1) is 9.22. The fourth-order valence-electron chi connectivity index (χ4n) is 1.81. The Balaban J connectivity index is 5.16. The van der Waals surface area contributed by atoms with Crippen LogP contribution in [0.5, 0.6) is 0 Å². The van der Waals surface area contributed by atoms with E-state index >= 15 is 0 Å². The Morgan fingerprint density at radius 2 is 1.57 bits per heavy atom. The minimum absolute atomic E-state index is 0.168. The molecule has 0 N–H and O–H groups in total. The molecule has 0 spiro atoms. The van der Waals surface area contributed by atoms with Gasteiger partial charge in [-0.05, 0) is 31.5 Å². The summed E-state index contributed by atoms with van der Waals surface area (Å²) in [4.78, 5) is 10.8. The van der Waals surface area contributed by atoms with Crippen LogP contribution in [-0.4, -0.2) is 28.3 Å². The number of carbonyl (C=O) groups is 1. The average molecular weight is 327 g/mol. The molecule has 0 aromatic rings. The van der Waals surface area contributed by atoms with E-state index in [2.05, 4.69) is 71.9 Å². The molecule has 0 saturated carbocycles. The van der Waals surface area contributed by atoms with Crippen LogP contribution in [-0.2, 0) is 9.22 Å². The van der Waals surface area contributed by atoms with Crippen molar-refractivity contribution in [2.45, 2.75) is 90.3 Å². The van der Waals surface area contributed by atoms with Gasteiger partial charge in [-0.1, -0.05) is 40.4 Å². The molecule has 0 rings (SSSR count). The van der Waals surface area contributed by atoms with E-state index in [1.165, 1.54) is 0 Å². The molecule has 0 aliphatic heterocycles. The predicted molar refractivity (Wildman–Crippen MR) is 97.7 cm³/mol. The van der Waals surface area contributed by atoms with Gasteiger partial charge in [0.2, 0.25) is 0 Å². The van der Waals surface area contributed by atoms with Gasteiger partial charge in [-0.15, -0.1) is 11.5 Å². The first kappa shape index (κ1) is 20.6. The molecule has 4 heteroatoms. The van der Waals surface area contributed by atoms with Crippen LogP contribution in [0, 0.1) is 11.5 Å². The highest BCUT2D eigenvalue weighted by Gasteiger charge is 2.42. The fourth-order valence-corrected chi connectivity index (χ4v) is 4.14. The number of hydrogen-bond acceptors (Lipinski definition) is 2. The summed E-state index contributed by atoms with van der Waals surface area (Å²) in [5.41, 5.74) is 3.11. The third-order valence-corrected chi connectivity index (χ3v) is 9.57. The summed E-state index contributed by atoms with van der Waals surface area (Å²) in [5.74, 6) is 3.34. The van der Waals surface area contributed by atoms with Crippen LogP contribution >= 0.6 is 0 Å². The maximum atomic E-state index is 10.8. The average Bonchev–Trinajstić information content (AvgIpc) is 2.22. The minimum Gasteiger partial charge on any atom is -0.411 e. The molecule has 0 aromatic heterocycles. The molecule has 21 heavy (non-hydrogen) atoms. The van der Waals surface area contributed by atoms with E-state index in [9.17, 15) is 4.79 Å². The summed E-state index contributed by atoms with van der Waals surface area (Å²) < 4.78 is 6.60. The van der Waals surface area contributed by atoms with Crippen molar-refractivity contribution >= 4 is 22.7 Å².